The molecule has 5 nitrogen and oxygen atoms in total. The van der Waals surface area contributed by atoms with E-state index < -0.39 is 0 Å². The molecular weight excluding hydrogens is 308 g/mol. The number of carbonyl (C=O) groups excluding carboxylic acids is 1. The molecular formula is C17H20N4OS. The van der Waals surface area contributed by atoms with Crippen molar-refractivity contribution in [2.75, 3.05) is 24.5 Å². The summed E-state index contributed by atoms with van der Waals surface area (Å²) >= 11 is 1.47. The summed E-state index contributed by atoms with van der Waals surface area (Å²) in [6, 6.07) is 4.15. The predicted octanol–water partition coefficient (Wildman–Crippen LogP) is 2.87. The lowest BCUT2D eigenvalue weighted by molar-refractivity contribution is 0.0960. The fourth-order valence-electron chi connectivity index (χ4n) is 3.18. The third-order valence-electron chi connectivity index (χ3n) is 4.45. The molecule has 6 heteroatoms. The molecule has 2 aliphatic rings. The molecule has 4 heterocycles. The van der Waals surface area contributed by atoms with Gasteiger partial charge in [-0.2, -0.15) is 0 Å². The summed E-state index contributed by atoms with van der Waals surface area (Å²) in [5, 5.41) is 3.82. The molecule has 0 unspecified atom stereocenters. The number of hydrogen-bond acceptors (Lipinski definition) is 5. The van der Waals surface area contributed by atoms with Crippen LogP contribution in [-0.2, 0) is 6.42 Å². The summed E-state index contributed by atoms with van der Waals surface area (Å²) in [6.45, 7) is 2.93. The number of anilines is 1. The number of hydrogen-bond donors (Lipinski definition) is 1. The van der Waals surface area contributed by atoms with Crippen molar-refractivity contribution in [1.29, 1.82) is 0 Å². The molecule has 0 aliphatic carbocycles. The van der Waals surface area contributed by atoms with Crippen LogP contribution in [0.5, 0.6) is 0 Å². The van der Waals surface area contributed by atoms with Crippen molar-refractivity contribution in [1.82, 2.24) is 15.3 Å². The van der Waals surface area contributed by atoms with Crippen molar-refractivity contribution in [2.45, 2.75) is 32.1 Å². The molecule has 0 aromatic carbocycles. The summed E-state index contributed by atoms with van der Waals surface area (Å²) in [5.74, 6) is 1.06. The number of fused-ring (bicyclic) bond motifs is 1. The van der Waals surface area contributed by atoms with E-state index in [4.69, 9.17) is 0 Å². The zero-order chi connectivity index (χ0) is 15.6. The maximum Gasteiger partial charge on any atom is 0.263 e. The molecule has 0 atom stereocenters. The van der Waals surface area contributed by atoms with Crippen LogP contribution in [0.4, 0.5) is 5.82 Å². The summed E-state index contributed by atoms with van der Waals surface area (Å²) in [5.41, 5.74) is 1.93. The van der Waals surface area contributed by atoms with Gasteiger partial charge in [0.2, 0.25) is 0 Å². The molecule has 1 N–H and O–H groups in total. The molecule has 4 rings (SSSR count). The summed E-state index contributed by atoms with van der Waals surface area (Å²) < 4.78 is 0. The topological polar surface area (TPSA) is 58.1 Å². The zero-order valence-corrected chi connectivity index (χ0v) is 13.9. The Labute approximate surface area is 139 Å². The Hall–Kier alpha value is -1.95. The number of nitrogens with one attached hydrogen (secondary N) is 1. The molecule has 0 saturated carbocycles. The van der Waals surface area contributed by atoms with Crippen molar-refractivity contribution in [3.8, 4) is 10.6 Å². The Morgan fingerprint density at radius 1 is 1.13 bits per heavy atom. The fraction of sp³-hybridized carbons (Fsp3) is 0.471. The van der Waals surface area contributed by atoms with E-state index in [1.54, 1.807) is 0 Å². The Morgan fingerprint density at radius 2 is 2.00 bits per heavy atom. The minimum Gasteiger partial charge on any atom is -0.357 e. The average Bonchev–Trinajstić information content (AvgIpc) is 2.96. The molecule has 1 amide bonds. The minimum absolute atomic E-state index is 0.0131. The minimum atomic E-state index is 0.0131. The monoisotopic (exact) mass is 328 g/mol. The maximum atomic E-state index is 12.0. The van der Waals surface area contributed by atoms with Gasteiger partial charge in [-0.05, 0) is 44.2 Å². The SMILES string of the molecule is O=C1NCCCc2nc(-c3ccc(N4CCCCC4)nc3)sc21. The first kappa shape index (κ1) is 14.6. The fourth-order valence-corrected chi connectivity index (χ4v) is 4.20. The second kappa shape index (κ2) is 6.28. The highest BCUT2D eigenvalue weighted by Gasteiger charge is 2.21. The van der Waals surface area contributed by atoms with E-state index >= 15 is 0 Å². The molecule has 0 radical (unpaired) electrons. The summed E-state index contributed by atoms with van der Waals surface area (Å²) in [4.78, 5) is 24.4. The zero-order valence-electron chi connectivity index (χ0n) is 13.0. The van der Waals surface area contributed by atoms with Gasteiger partial charge in [-0.15, -0.1) is 11.3 Å². The molecule has 0 bridgehead atoms. The van der Waals surface area contributed by atoms with Gasteiger partial charge < -0.3 is 10.2 Å². The number of thiazole rings is 1. The van der Waals surface area contributed by atoms with Gasteiger partial charge in [0.15, 0.2) is 0 Å². The largest absolute Gasteiger partial charge is 0.357 e. The van der Waals surface area contributed by atoms with Gasteiger partial charge in [-0.3, -0.25) is 4.79 Å². The van der Waals surface area contributed by atoms with Crippen LogP contribution in [0.2, 0.25) is 0 Å². The second-order valence-electron chi connectivity index (χ2n) is 6.11. The van der Waals surface area contributed by atoms with Gasteiger partial charge in [-0.1, -0.05) is 0 Å². The molecule has 120 valence electrons. The van der Waals surface area contributed by atoms with Crippen LogP contribution in [0, 0.1) is 0 Å². The lowest BCUT2D eigenvalue weighted by Crippen LogP contribution is -2.29. The highest BCUT2D eigenvalue weighted by atomic mass is 32.1. The van der Waals surface area contributed by atoms with Crippen LogP contribution < -0.4 is 10.2 Å². The second-order valence-corrected chi connectivity index (χ2v) is 7.11. The van der Waals surface area contributed by atoms with Crippen LogP contribution in [-0.4, -0.2) is 35.5 Å². The van der Waals surface area contributed by atoms with Crippen LogP contribution in [0.1, 0.15) is 41.0 Å². The van der Waals surface area contributed by atoms with Gasteiger partial charge in [0.25, 0.3) is 5.91 Å². The van der Waals surface area contributed by atoms with Gasteiger partial charge in [-0.25, -0.2) is 9.97 Å². The van der Waals surface area contributed by atoms with E-state index in [0.29, 0.717) is 0 Å². The Bertz CT molecular complexity index is 704. The van der Waals surface area contributed by atoms with E-state index in [1.807, 2.05) is 6.20 Å². The number of amides is 1. The number of pyridine rings is 1. The van der Waals surface area contributed by atoms with Crippen molar-refractivity contribution in [3.05, 3.63) is 28.9 Å². The van der Waals surface area contributed by atoms with Crippen LogP contribution in [0.25, 0.3) is 10.6 Å². The van der Waals surface area contributed by atoms with Crippen molar-refractivity contribution >= 4 is 23.1 Å². The lowest BCUT2D eigenvalue weighted by atomic mass is 10.1. The molecule has 1 fully saturated rings. The van der Waals surface area contributed by atoms with Gasteiger partial charge >= 0.3 is 0 Å². The van der Waals surface area contributed by atoms with Gasteiger partial charge in [0.05, 0.1) is 5.69 Å². The number of aromatic nitrogens is 2. The number of rotatable bonds is 2. The standard InChI is InChI=1S/C17H20N4OS/c22-16-15-13(5-4-8-18-16)20-17(23-15)12-6-7-14(19-11-12)21-9-2-1-3-10-21/h6-7,11H,1-5,8-10H2,(H,18,22). The molecule has 2 aliphatic heterocycles. The Morgan fingerprint density at radius 3 is 2.78 bits per heavy atom. The Balaban J connectivity index is 1.58. The number of aryl methyl sites for hydroxylation is 1. The van der Waals surface area contributed by atoms with Crippen molar-refractivity contribution in [2.24, 2.45) is 0 Å². The van der Waals surface area contributed by atoms with Crippen LogP contribution in [0.15, 0.2) is 18.3 Å². The summed E-state index contributed by atoms with van der Waals surface area (Å²) in [7, 11) is 0. The number of nitrogens with zero attached hydrogens (tertiary/aromatic N) is 3. The highest BCUT2D eigenvalue weighted by Crippen LogP contribution is 2.30. The van der Waals surface area contributed by atoms with Crippen molar-refractivity contribution in [3.63, 3.8) is 0 Å². The molecule has 2 aromatic heterocycles. The van der Waals surface area contributed by atoms with Crippen LogP contribution >= 0.6 is 11.3 Å². The first-order valence-corrected chi connectivity index (χ1v) is 9.12. The van der Waals surface area contributed by atoms with Crippen LogP contribution in [0.3, 0.4) is 0 Å². The molecule has 23 heavy (non-hydrogen) atoms. The van der Waals surface area contributed by atoms with E-state index in [2.05, 4.69) is 32.3 Å². The highest BCUT2D eigenvalue weighted by molar-refractivity contribution is 7.17. The van der Waals surface area contributed by atoms with E-state index in [-0.39, 0.29) is 5.91 Å². The first-order chi connectivity index (χ1) is 11.3. The third-order valence-corrected chi connectivity index (χ3v) is 5.60. The quantitative estimate of drug-likeness (QED) is 0.921. The Kier molecular flexibility index (Phi) is 3.99. The van der Waals surface area contributed by atoms with E-state index in [1.165, 1.54) is 30.6 Å². The normalized spacial score (nSPS) is 18.3. The predicted molar refractivity (Wildman–Crippen MR) is 92.1 cm³/mol. The first-order valence-electron chi connectivity index (χ1n) is 8.30. The van der Waals surface area contributed by atoms with Crippen molar-refractivity contribution < 1.29 is 4.79 Å². The van der Waals surface area contributed by atoms with E-state index in [9.17, 15) is 4.79 Å². The molecule has 1 saturated heterocycles. The summed E-state index contributed by atoms with van der Waals surface area (Å²) in [6.07, 6.45) is 7.52. The molecule has 0 spiro atoms. The maximum absolute atomic E-state index is 12.0. The smallest absolute Gasteiger partial charge is 0.263 e. The number of carbonyl (C=O) groups is 1. The molecule has 2 aromatic rings. The van der Waals surface area contributed by atoms with Gasteiger partial charge in [0, 0.05) is 31.4 Å². The van der Waals surface area contributed by atoms with E-state index in [0.717, 1.165) is 59.4 Å². The van der Waals surface area contributed by atoms with Gasteiger partial charge in [0.1, 0.15) is 15.7 Å². The average molecular weight is 328 g/mol. The lowest BCUT2D eigenvalue weighted by Gasteiger charge is -2.27. The number of piperidine rings is 1. The third kappa shape index (κ3) is 2.95.